The summed E-state index contributed by atoms with van der Waals surface area (Å²) in [6.07, 6.45) is 3.53. The van der Waals surface area contributed by atoms with Gasteiger partial charge in [-0.3, -0.25) is 9.59 Å². The lowest BCUT2D eigenvalue weighted by Crippen LogP contribution is -2.45. The number of carbonyl (C=O) groups is 2. The molecule has 0 N–H and O–H groups in total. The second kappa shape index (κ2) is 10.0. The molecule has 0 aliphatic rings. The predicted octanol–water partition coefficient (Wildman–Crippen LogP) is 3.71. The number of nitrogens with zero attached hydrogens (tertiary/aromatic N) is 3. The summed E-state index contributed by atoms with van der Waals surface area (Å²) in [6, 6.07) is 14.4. The van der Waals surface area contributed by atoms with Crippen molar-refractivity contribution in [3.05, 3.63) is 78.0 Å². The number of para-hydroxylation sites is 1. The molecule has 2 heterocycles. The smallest absolute Gasteiger partial charge is 0.258 e. The molecule has 3 aromatic rings. The number of furan rings is 1. The Kier molecular flexibility index (Phi) is 7.18. The first kappa shape index (κ1) is 22.2. The summed E-state index contributed by atoms with van der Waals surface area (Å²) >= 11 is 0. The number of aromatic nitrogens is 1. The number of rotatable bonds is 9. The Hall–Kier alpha value is -3.48. The first-order valence-corrected chi connectivity index (χ1v) is 10.2. The number of aryl methyl sites for hydroxylation is 1. The molecular formula is C24H29N3O4. The Morgan fingerprint density at radius 1 is 1.06 bits per heavy atom. The van der Waals surface area contributed by atoms with Gasteiger partial charge in [0.15, 0.2) is 0 Å². The van der Waals surface area contributed by atoms with Gasteiger partial charge in [-0.2, -0.15) is 0 Å². The molecule has 0 atom stereocenters. The van der Waals surface area contributed by atoms with Gasteiger partial charge >= 0.3 is 0 Å². The molecule has 0 radical (unpaired) electrons. The highest BCUT2D eigenvalue weighted by Gasteiger charge is 2.27. The van der Waals surface area contributed by atoms with Crippen LogP contribution in [0.5, 0.6) is 5.75 Å². The van der Waals surface area contributed by atoms with Crippen LogP contribution in [0.15, 0.2) is 65.4 Å². The minimum atomic E-state index is -0.238. The van der Waals surface area contributed by atoms with Gasteiger partial charge in [0.05, 0.1) is 32.0 Å². The van der Waals surface area contributed by atoms with Gasteiger partial charge < -0.3 is 23.5 Å². The molecule has 0 unspecified atom stereocenters. The van der Waals surface area contributed by atoms with Crippen molar-refractivity contribution in [3.8, 4) is 5.75 Å². The summed E-state index contributed by atoms with van der Waals surface area (Å²) in [7, 11) is 3.47. The average molecular weight is 424 g/mol. The molecule has 1 aromatic carbocycles. The molecule has 0 saturated heterocycles. The lowest BCUT2D eigenvalue weighted by molar-refractivity contribution is -0.133. The lowest BCUT2D eigenvalue weighted by atomic mass is 10.1. The van der Waals surface area contributed by atoms with Gasteiger partial charge in [0, 0.05) is 25.0 Å². The highest BCUT2D eigenvalue weighted by molar-refractivity contribution is 5.99. The van der Waals surface area contributed by atoms with Crippen molar-refractivity contribution in [3.63, 3.8) is 0 Å². The van der Waals surface area contributed by atoms with Gasteiger partial charge in [-0.25, -0.2) is 0 Å². The van der Waals surface area contributed by atoms with Crippen LogP contribution in [0.3, 0.4) is 0 Å². The fourth-order valence-electron chi connectivity index (χ4n) is 3.39. The second-order valence-electron chi connectivity index (χ2n) is 7.67. The molecule has 0 bridgehead atoms. The molecule has 7 nitrogen and oxygen atoms in total. The third kappa shape index (κ3) is 5.36. The van der Waals surface area contributed by atoms with Crippen LogP contribution >= 0.6 is 0 Å². The molecule has 31 heavy (non-hydrogen) atoms. The van der Waals surface area contributed by atoms with Crippen molar-refractivity contribution < 1.29 is 18.7 Å². The van der Waals surface area contributed by atoms with E-state index in [1.165, 1.54) is 7.11 Å². The summed E-state index contributed by atoms with van der Waals surface area (Å²) in [5.41, 5.74) is 1.43. The van der Waals surface area contributed by atoms with Gasteiger partial charge in [-0.05, 0) is 50.2 Å². The molecule has 164 valence electrons. The number of ether oxygens (including phenoxy) is 1. The Morgan fingerprint density at radius 3 is 2.45 bits per heavy atom. The van der Waals surface area contributed by atoms with Crippen LogP contribution in [0, 0.1) is 0 Å². The van der Waals surface area contributed by atoms with Gasteiger partial charge in [0.25, 0.3) is 5.91 Å². The van der Waals surface area contributed by atoms with E-state index >= 15 is 0 Å². The standard InChI is InChI=1S/C24H29N3O4/c1-18(2)27(24(29)21-11-5-6-12-22(21)30-4)17-23(28)26(16-20-10-8-14-31-20)15-19-9-7-13-25(19)3/h5-14,18H,15-17H2,1-4H3. The zero-order valence-electron chi connectivity index (χ0n) is 18.4. The van der Waals surface area contributed by atoms with Crippen molar-refractivity contribution in [2.45, 2.75) is 33.0 Å². The molecule has 0 aliphatic carbocycles. The maximum Gasteiger partial charge on any atom is 0.258 e. The van der Waals surface area contributed by atoms with E-state index in [2.05, 4.69) is 0 Å². The molecule has 7 heteroatoms. The predicted molar refractivity (Wildman–Crippen MR) is 118 cm³/mol. The maximum absolute atomic E-state index is 13.4. The normalized spacial score (nSPS) is 10.9. The molecule has 0 fully saturated rings. The maximum atomic E-state index is 13.4. The van der Waals surface area contributed by atoms with Crippen LogP contribution < -0.4 is 4.74 Å². The van der Waals surface area contributed by atoms with Crippen LogP contribution in [0.25, 0.3) is 0 Å². The second-order valence-corrected chi connectivity index (χ2v) is 7.67. The lowest BCUT2D eigenvalue weighted by Gasteiger charge is -2.30. The summed E-state index contributed by atoms with van der Waals surface area (Å²) in [5, 5.41) is 0. The fraction of sp³-hybridized carbons (Fsp3) is 0.333. The Morgan fingerprint density at radius 2 is 1.84 bits per heavy atom. The van der Waals surface area contributed by atoms with Gasteiger partial charge in [-0.15, -0.1) is 0 Å². The molecule has 0 spiro atoms. The van der Waals surface area contributed by atoms with E-state index in [9.17, 15) is 9.59 Å². The number of hydrogen-bond acceptors (Lipinski definition) is 4. The summed E-state index contributed by atoms with van der Waals surface area (Å²) < 4.78 is 12.8. The SMILES string of the molecule is COc1ccccc1C(=O)N(CC(=O)N(Cc1ccco1)Cc1cccn1C)C(C)C. The third-order valence-electron chi connectivity index (χ3n) is 5.21. The number of methoxy groups -OCH3 is 1. The largest absolute Gasteiger partial charge is 0.496 e. The zero-order valence-corrected chi connectivity index (χ0v) is 18.4. The highest BCUT2D eigenvalue weighted by Crippen LogP contribution is 2.21. The summed E-state index contributed by atoms with van der Waals surface area (Å²) in [6.45, 7) is 4.49. The number of amides is 2. The Labute approximate surface area is 182 Å². The Balaban J connectivity index is 1.83. The quantitative estimate of drug-likeness (QED) is 0.526. The van der Waals surface area contributed by atoms with Gasteiger partial charge in [0.2, 0.25) is 5.91 Å². The average Bonchev–Trinajstić information content (AvgIpc) is 3.42. The monoisotopic (exact) mass is 423 g/mol. The van der Waals surface area contributed by atoms with Crippen LogP contribution in [-0.4, -0.2) is 45.9 Å². The molecule has 2 aromatic heterocycles. The molecule has 2 amide bonds. The van der Waals surface area contributed by atoms with Gasteiger partial charge in [0.1, 0.15) is 18.1 Å². The van der Waals surface area contributed by atoms with Crippen molar-refractivity contribution >= 4 is 11.8 Å². The van der Waals surface area contributed by atoms with E-state index in [1.807, 2.05) is 55.9 Å². The van der Waals surface area contributed by atoms with E-state index in [-0.39, 0.29) is 24.4 Å². The van der Waals surface area contributed by atoms with Crippen LogP contribution in [0.1, 0.15) is 35.7 Å². The van der Waals surface area contributed by atoms with Crippen molar-refractivity contribution in [1.82, 2.24) is 14.4 Å². The number of benzene rings is 1. The van der Waals surface area contributed by atoms with E-state index in [4.69, 9.17) is 9.15 Å². The summed E-state index contributed by atoms with van der Waals surface area (Å²) in [5.74, 6) is 0.781. The molecular weight excluding hydrogens is 394 g/mol. The number of carbonyl (C=O) groups excluding carboxylic acids is 2. The number of hydrogen-bond donors (Lipinski definition) is 0. The molecule has 0 aliphatic heterocycles. The zero-order chi connectivity index (χ0) is 22.4. The van der Waals surface area contributed by atoms with Gasteiger partial charge in [-0.1, -0.05) is 12.1 Å². The summed E-state index contributed by atoms with van der Waals surface area (Å²) in [4.78, 5) is 29.9. The van der Waals surface area contributed by atoms with E-state index in [0.29, 0.717) is 30.2 Å². The minimum absolute atomic E-state index is 0.0420. The van der Waals surface area contributed by atoms with Crippen LogP contribution in [-0.2, 0) is 24.9 Å². The van der Waals surface area contributed by atoms with Crippen molar-refractivity contribution in [2.24, 2.45) is 7.05 Å². The van der Waals surface area contributed by atoms with Crippen LogP contribution in [0.2, 0.25) is 0 Å². The van der Waals surface area contributed by atoms with Crippen molar-refractivity contribution in [1.29, 1.82) is 0 Å². The highest BCUT2D eigenvalue weighted by atomic mass is 16.5. The molecule has 3 rings (SSSR count). The van der Waals surface area contributed by atoms with Crippen molar-refractivity contribution in [2.75, 3.05) is 13.7 Å². The fourth-order valence-corrected chi connectivity index (χ4v) is 3.39. The van der Waals surface area contributed by atoms with E-state index in [0.717, 1.165) is 5.69 Å². The minimum Gasteiger partial charge on any atom is -0.496 e. The van der Waals surface area contributed by atoms with E-state index < -0.39 is 0 Å². The first-order chi connectivity index (χ1) is 14.9. The van der Waals surface area contributed by atoms with E-state index in [1.54, 1.807) is 40.3 Å². The first-order valence-electron chi connectivity index (χ1n) is 10.2. The topological polar surface area (TPSA) is 67.9 Å². The molecule has 0 saturated carbocycles. The Bertz CT molecular complexity index is 1010. The van der Waals surface area contributed by atoms with Crippen LogP contribution in [0.4, 0.5) is 0 Å². The third-order valence-corrected chi connectivity index (χ3v) is 5.21.